The number of carbonyl (C=O) groups is 1. The Morgan fingerprint density at radius 2 is 1.71 bits per heavy atom. The Morgan fingerprint density at radius 1 is 1.00 bits per heavy atom. The molecule has 2 aromatic carbocycles. The molecular weight excluding hydrogens is 357 g/mol. The molecular formula is C22H19FN3O2+. The van der Waals surface area contributed by atoms with Crippen LogP contribution in [0, 0.1) is 5.82 Å². The SMILES string of the molecule is O=C(CCC[n+]1ccc(-n2c(=O)[nH]c3ccccc32)cc1)c1ccc(F)cc1. The first-order chi connectivity index (χ1) is 13.6. The number of hydrogen-bond acceptors (Lipinski definition) is 2. The van der Waals surface area contributed by atoms with Crippen LogP contribution in [0.3, 0.4) is 0 Å². The van der Waals surface area contributed by atoms with Gasteiger partial charge in [-0.3, -0.25) is 9.36 Å². The minimum absolute atomic E-state index is 0.00237. The summed E-state index contributed by atoms with van der Waals surface area (Å²) in [4.78, 5) is 27.3. The van der Waals surface area contributed by atoms with E-state index in [1.807, 2.05) is 53.4 Å². The Labute approximate surface area is 160 Å². The highest BCUT2D eigenvalue weighted by molar-refractivity contribution is 5.95. The van der Waals surface area contributed by atoms with Gasteiger partial charge in [-0.15, -0.1) is 0 Å². The first-order valence-electron chi connectivity index (χ1n) is 9.10. The maximum atomic E-state index is 12.9. The average Bonchev–Trinajstić information content (AvgIpc) is 3.05. The van der Waals surface area contributed by atoms with Gasteiger partial charge in [0.2, 0.25) is 0 Å². The van der Waals surface area contributed by atoms with Gasteiger partial charge in [0.1, 0.15) is 12.4 Å². The number of imidazole rings is 1. The van der Waals surface area contributed by atoms with E-state index in [9.17, 15) is 14.0 Å². The van der Waals surface area contributed by atoms with E-state index >= 15 is 0 Å². The van der Waals surface area contributed by atoms with Gasteiger partial charge in [-0.05, 0) is 36.4 Å². The van der Waals surface area contributed by atoms with Gasteiger partial charge in [-0.2, -0.15) is 0 Å². The van der Waals surface area contributed by atoms with Crippen molar-refractivity contribution in [2.75, 3.05) is 0 Å². The number of fused-ring (bicyclic) bond motifs is 1. The fourth-order valence-electron chi connectivity index (χ4n) is 3.26. The molecule has 0 unspecified atom stereocenters. The Morgan fingerprint density at radius 3 is 2.46 bits per heavy atom. The highest BCUT2D eigenvalue weighted by Crippen LogP contribution is 2.14. The van der Waals surface area contributed by atoms with Crippen molar-refractivity contribution in [2.24, 2.45) is 0 Å². The molecule has 0 radical (unpaired) electrons. The second-order valence-corrected chi connectivity index (χ2v) is 6.61. The van der Waals surface area contributed by atoms with Gasteiger partial charge >= 0.3 is 5.69 Å². The number of Topliss-reactive ketones (excluding diaryl/α,β-unsaturated/α-hetero) is 1. The number of aromatic nitrogens is 3. The van der Waals surface area contributed by atoms with Crippen LogP contribution in [0.1, 0.15) is 23.2 Å². The van der Waals surface area contributed by atoms with E-state index in [0.717, 1.165) is 16.7 Å². The molecule has 0 atom stereocenters. The molecule has 4 rings (SSSR count). The van der Waals surface area contributed by atoms with Crippen LogP contribution in [-0.4, -0.2) is 15.3 Å². The summed E-state index contributed by atoms with van der Waals surface area (Å²) in [5.41, 5.74) is 2.75. The lowest BCUT2D eigenvalue weighted by molar-refractivity contribution is -0.697. The summed E-state index contributed by atoms with van der Waals surface area (Å²) in [6, 6.07) is 16.9. The molecule has 5 nitrogen and oxygen atoms in total. The second kappa shape index (κ2) is 7.60. The predicted molar refractivity (Wildman–Crippen MR) is 104 cm³/mol. The minimum atomic E-state index is -0.346. The lowest BCUT2D eigenvalue weighted by Crippen LogP contribution is -2.33. The Balaban J connectivity index is 1.42. The second-order valence-electron chi connectivity index (χ2n) is 6.61. The molecule has 4 aromatic rings. The van der Waals surface area contributed by atoms with E-state index in [4.69, 9.17) is 0 Å². The molecule has 0 fully saturated rings. The Kier molecular flexibility index (Phi) is 4.85. The largest absolute Gasteiger partial charge is 0.331 e. The van der Waals surface area contributed by atoms with Crippen molar-refractivity contribution in [1.29, 1.82) is 0 Å². The smallest absolute Gasteiger partial charge is 0.305 e. The van der Waals surface area contributed by atoms with Crippen molar-refractivity contribution >= 4 is 16.8 Å². The number of hydrogen-bond donors (Lipinski definition) is 1. The molecule has 0 bridgehead atoms. The number of nitrogens with one attached hydrogen (secondary N) is 1. The maximum absolute atomic E-state index is 12.9. The number of ketones is 1. The zero-order valence-electron chi connectivity index (χ0n) is 15.1. The van der Waals surface area contributed by atoms with Crippen LogP contribution in [0.4, 0.5) is 4.39 Å². The number of para-hydroxylation sites is 2. The van der Waals surface area contributed by atoms with Crippen LogP contribution in [0.5, 0.6) is 0 Å². The summed E-state index contributed by atoms with van der Waals surface area (Å²) in [5, 5.41) is 0. The molecule has 1 N–H and O–H groups in total. The number of aromatic amines is 1. The molecule has 2 heterocycles. The van der Waals surface area contributed by atoms with Crippen LogP contribution in [0.25, 0.3) is 16.7 Å². The van der Waals surface area contributed by atoms with Crippen LogP contribution in [0.15, 0.2) is 77.9 Å². The van der Waals surface area contributed by atoms with Gasteiger partial charge in [0, 0.05) is 30.5 Å². The summed E-state index contributed by atoms with van der Waals surface area (Å²) in [6.07, 6.45) is 4.85. The van der Waals surface area contributed by atoms with Gasteiger partial charge in [-0.1, -0.05) is 12.1 Å². The first-order valence-corrected chi connectivity index (χ1v) is 9.10. The number of halogens is 1. The van der Waals surface area contributed by atoms with Crippen LogP contribution >= 0.6 is 0 Å². The maximum Gasteiger partial charge on any atom is 0.331 e. The number of carbonyl (C=O) groups excluding carboxylic acids is 1. The number of rotatable bonds is 6. The zero-order chi connectivity index (χ0) is 19.5. The summed E-state index contributed by atoms with van der Waals surface area (Å²) >= 11 is 0. The van der Waals surface area contributed by atoms with Gasteiger partial charge in [0.15, 0.2) is 18.2 Å². The van der Waals surface area contributed by atoms with Crippen molar-refractivity contribution in [1.82, 2.24) is 9.55 Å². The zero-order valence-corrected chi connectivity index (χ0v) is 15.1. The van der Waals surface area contributed by atoms with Crippen molar-refractivity contribution in [3.8, 4) is 5.69 Å². The molecule has 28 heavy (non-hydrogen) atoms. The Hall–Kier alpha value is -3.54. The fourth-order valence-corrected chi connectivity index (χ4v) is 3.26. The number of nitrogens with zero attached hydrogens (tertiary/aromatic N) is 2. The molecule has 0 aliphatic heterocycles. The van der Waals surface area contributed by atoms with Gasteiger partial charge < -0.3 is 4.98 Å². The van der Waals surface area contributed by atoms with E-state index < -0.39 is 0 Å². The van der Waals surface area contributed by atoms with E-state index in [2.05, 4.69) is 4.98 Å². The highest BCUT2D eigenvalue weighted by Gasteiger charge is 2.11. The number of pyridine rings is 1. The molecule has 0 spiro atoms. The number of H-pyrrole nitrogens is 1. The van der Waals surface area contributed by atoms with E-state index in [1.54, 1.807) is 4.57 Å². The fraction of sp³-hybridized carbons (Fsp3) is 0.136. The number of aryl methyl sites for hydroxylation is 1. The molecule has 0 aliphatic rings. The van der Waals surface area contributed by atoms with E-state index in [1.165, 1.54) is 24.3 Å². The van der Waals surface area contributed by atoms with Gasteiger partial charge in [-0.25, -0.2) is 13.8 Å². The van der Waals surface area contributed by atoms with Crippen LogP contribution in [-0.2, 0) is 6.54 Å². The summed E-state index contributed by atoms with van der Waals surface area (Å²) < 4.78 is 16.5. The predicted octanol–water partition coefficient (Wildman–Crippen LogP) is 3.41. The topological polar surface area (TPSA) is 58.7 Å². The van der Waals surface area contributed by atoms with Crippen molar-refractivity contribution in [3.63, 3.8) is 0 Å². The molecule has 2 aromatic heterocycles. The molecule has 0 aliphatic carbocycles. The third kappa shape index (κ3) is 3.62. The van der Waals surface area contributed by atoms with Crippen LogP contribution in [0.2, 0.25) is 0 Å². The van der Waals surface area contributed by atoms with Crippen molar-refractivity contribution < 1.29 is 13.8 Å². The van der Waals surface area contributed by atoms with E-state index in [0.29, 0.717) is 24.9 Å². The lowest BCUT2D eigenvalue weighted by Gasteiger charge is -2.03. The monoisotopic (exact) mass is 376 g/mol. The summed E-state index contributed by atoms with van der Waals surface area (Å²) in [5.74, 6) is -0.343. The third-order valence-electron chi connectivity index (χ3n) is 4.71. The molecule has 0 saturated heterocycles. The quantitative estimate of drug-likeness (QED) is 0.414. The molecule has 140 valence electrons. The third-order valence-corrected chi connectivity index (χ3v) is 4.71. The molecule has 0 saturated carbocycles. The van der Waals surface area contributed by atoms with Gasteiger partial charge in [0.05, 0.1) is 16.7 Å². The lowest BCUT2D eigenvalue weighted by atomic mass is 10.1. The average molecular weight is 376 g/mol. The molecule has 6 heteroatoms. The molecule has 0 amide bonds. The normalized spacial score (nSPS) is 11.0. The van der Waals surface area contributed by atoms with Crippen molar-refractivity contribution in [2.45, 2.75) is 19.4 Å². The van der Waals surface area contributed by atoms with E-state index in [-0.39, 0.29) is 17.3 Å². The first kappa shape index (κ1) is 17.9. The van der Waals surface area contributed by atoms with Gasteiger partial charge in [0.25, 0.3) is 0 Å². The Bertz CT molecular complexity index is 1180. The highest BCUT2D eigenvalue weighted by atomic mass is 19.1. The summed E-state index contributed by atoms with van der Waals surface area (Å²) in [6.45, 7) is 0.677. The van der Waals surface area contributed by atoms with Crippen LogP contribution < -0.4 is 10.3 Å². The summed E-state index contributed by atoms with van der Waals surface area (Å²) in [7, 11) is 0. The standard InChI is InChI=1S/C22H18FN3O2/c23-17-9-7-16(8-10-17)21(27)6-3-13-25-14-11-18(12-15-25)26-20-5-2-1-4-19(20)24-22(26)28/h1-2,4-5,7-12,14-15H,3,6,13H2/p+1. The number of benzene rings is 2. The minimum Gasteiger partial charge on any atom is -0.305 e. The van der Waals surface area contributed by atoms with Crippen molar-refractivity contribution in [3.05, 3.63) is 94.9 Å².